The first kappa shape index (κ1) is 10.0. The van der Waals surface area contributed by atoms with Crippen molar-refractivity contribution in [3.8, 4) is 6.01 Å². The molecule has 78 valence electrons. The van der Waals surface area contributed by atoms with Crippen LogP contribution in [0.25, 0.3) is 11.0 Å². The maximum absolute atomic E-state index is 11.2. The number of hydrogen-bond donors (Lipinski definition) is 2. The SMILES string of the molecule is O=C(CCS)Oc1nc2ccccc2[nH]1. The molecule has 0 fully saturated rings. The van der Waals surface area contributed by atoms with Gasteiger partial charge in [-0.3, -0.25) is 4.79 Å². The quantitative estimate of drug-likeness (QED) is 0.615. The molecule has 0 amide bonds. The Morgan fingerprint density at radius 3 is 3.00 bits per heavy atom. The van der Waals surface area contributed by atoms with Crippen molar-refractivity contribution >= 4 is 29.6 Å². The number of aromatic amines is 1. The first-order chi connectivity index (χ1) is 7.29. The maximum Gasteiger partial charge on any atom is 0.314 e. The van der Waals surface area contributed by atoms with Crippen LogP contribution in [0.4, 0.5) is 0 Å². The van der Waals surface area contributed by atoms with E-state index in [0.29, 0.717) is 5.75 Å². The van der Waals surface area contributed by atoms with Crippen LogP contribution in [0.15, 0.2) is 24.3 Å². The van der Waals surface area contributed by atoms with Crippen LogP contribution in [-0.4, -0.2) is 21.7 Å². The molecule has 0 radical (unpaired) electrons. The molecule has 0 aliphatic rings. The lowest BCUT2D eigenvalue weighted by Crippen LogP contribution is -2.08. The summed E-state index contributed by atoms with van der Waals surface area (Å²) in [5.74, 6) is 0.142. The molecule has 1 N–H and O–H groups in total. The number of imidazole rings is 1. The van der Waals surface area contributed by atoms with Crippen LogP contribution in [0, 0.1) is 0 Å². The van der Waals surface area contributed by atoms with E-state index in [1.807, 2.05) is 24.3 Å². The minimum atomic E-state index is -0.330. The highest BCUT2D eigenvalue weighted by atomic mass is 32.1. The Bertz CT molecular complexity index is 448. The zero-order valence-electron chi connectivity index (χ0n) is 7.93. The molecule has 5 heteroatoms. The number of esters is 1. The molecule has 4 nitrogen and oxygen atoms in total. The van der Waals surface area contributed by atoms with Gasteiger partial charge in [-0.15, -0.1) is 0 Å². The topological polar surface area (TPSA) is 55.0 Å². The third-order valence-electron chi connectivity index (χ3n) is 1.89. The van der Waals surface area contributed by atoms with Crippen LogP contribution >= 0.6 is 12.6 Å². The minimum absolute atomic E-state index is 0.239. The van der Waals surface area contributed by atoms with Crippen LogP contribution in [0.1, 0.15) is 6.42 Å². The third-order valence-corrected chi connectivity index (χ3v) is 2.12. The van der Waals surface area contributed by atoms with Crippen LogP contribution in [0.2, 0.25) is 0 Å². The molecule has 1 aromatic carbocycles. The van der Waals surface area contributed by atoms with Gasteiger partial charge in [-0.2, -0.15) is 17.6 Å². The van der Waals surface area contributed by atoms with Gasteiger partial charge in [0.15, 0.2) is 0 Å². The highest BCUT2D eigenvalue weighted by molar-refractivity contribution is 7.80. The highest BCUT2D eigenvalue weighted by Crippen LogP contribution is 2.15. The number of carbonyl (C=O) groups is 1. The lowest BCUT2D eigenvalue weighted by atomic mass is 10.3. The molecule has 0 spiro atoms. The van der Waals surface area contributed by atoms with E-state index in [4.69, 9.17) is 4.74 Å². The molecule has 0 aliphatic carbocycles. The highest BCUT2D eigenvalue weighted by Gasteiger charge is 2.07. The van der Waals surface area contributed by atoms with E-state index in [9.17, 15) is 4.79 Å². The summed E-state index contributed by atoms with van der Waals surface area (Å²) in [7, 11) is 0. The van der Waals surface area contributed by atoms with Crippen LogP contribution in [0.5, 0.6) is 6.01 Å². The average Bonchev–Trinajstić information content (AvgIpc) is 2.59. The van der Waals surface area contributed by atoms with E-state index < -0.39 is 0 Å². The van der Waals surface area contributed by atoms with Gasteiger partial charge >= 0.3 is 12.0 Å². The number of nitrogens with one attached hydrogen (secondary N) is 1. The van der Waals surface area contributed by atoms with Crippen molar-refractivity contribution in [2.45, 2.75) is 6.42 Å². The molecule has 0 unspecified atom stereocenters. The van der Waals surface area contributed by atoms with Gasteiger partial charge in [0, 0.05) is 5.75 Å². The van der Waals surface area contributed by atoms with E-state index in [-0.39, 0.29) is 18.4 Å². The number of H-pyrrole nitrogens is 1. The summed E-state index contributed by atoms with van der Waals surface area (Å²) in [5.41, 5.74) is 1.64. The monoisotopic (exact) mass is 222 g/mol. The van der Waals surface area contributed by atoms with Gasteiger partial charge in [-0.1, -0.05) is 12.1 Å². The maximum atomic E-state index is 11.2. The normalized spacial score (nSPS) is 10.5. The van der Waals surface area contributed by atoms with Crippen molar-refractivity contribution in [3.05, 3.63) is 24.3 Å². The Kier molecular flexibility index (Phi) is 2.91. The predicted octanol–water partition coefficient (Wildman–Crippen LogP) is 1.79. The average molecular weight is 222 g/mol. The molecule has 0 saturated heterocycles. The van der Waals surface area contributed by atoms with Crippen molar-refractivity contribution in [3.63, 3.8) is 0 Å². The second kappa shape index (κ2) is 4.35. The molecule has 2 aromatic rings. The number of carbonyl (C=O) groups excluding carboxylic acids is 1. The van der Waals surface area contributed by atoms with Gasteiger partial charge in [-0.05, 0) is 12.1 Å². The summed E-state index contributed by atoms with van der Waals surface area (Å²) in [6.45, 7) is 0. The first-order valence-electron chi connectivity index (χ1n) is 4.56. The number of fused-ring (bicyclic) bond motifs is 1. The van der Waals surface area contributed by atoms with Crippen LogP contribution < -0.4 is 4.74 Å². The number of ether oxygens (including phenoxy) is 1. The summed E-state index contributed by atoms with van der Waals surface area (Å²) >= 11 is 3.94. The standard InChI is InChI=1S/C10H10N2O2S/c13-9(5-6-15)14-10-11-7-3-1-2-4-8(7)12-10/h1-4,15H,5-6H2,(H,11,12). The third kappa shape index (κ3) is 2.30. The molecule has 1 aromatic heterocycles. The van der Waals surface area contributed by atoms with Gasteiger partial charge in [0.25, 0.3) is 0 Å². The Labute approximate surface area is 92.1 Å². The molecule has 0 saturated carbocycles. The summed E-state index contributed by atoms with van der Waals surface area (Å²) in [6, 6.07) is 7.73. The van der Waals surface area contributed by atoms with Crippen molar-refractivity contribution < 1.29 is 9.53 Å². The Morgan fingerprint density at radius 1 is 1.47 bits per heavy atom. The molecule has 2 rings (SSSR count). The molecular formula is C10H10N2O2S. The number of nitrogens with zero attached hydrogens (tertiary/aromatic N) is 1. The van der Waals surface area contributed by atoms with E-state index in [1.165, 1.54) is 0 Å². The summed E-state index contributed by atoms with van der Waals surface area (Å²) in [4.78, 5) is 18.2. The second-order valence-corrected chi connectivity index (χ2v) is 3.45. The zero-order chi connectivity index (χ0) is 10.7. The van der Waals surface area contributed by atoms with E-state index >= 15 is 0 Å². The predicted molar refractivity (Wildman–Crippen MR) is 60.2 cm³/mol. The summed E-state index contributed by atoms with van der Waals surface area (Å²) < 4.78 is 4.99. The fraction of sp³-hybridized carbons (Fsp3) is 0.200. The van der Waals surface area contributed by atoms with Gasteiger partial charge in [0.2, 0.25) is 0 Å². The largest absolute Gasteiger partial charge is 0.392 e. The van der Waals surface area contributed by atoms with Crippen molar-refractivity contribution in [1.82, 2.24) is 9.97 Å². The Hall–Kier alpha value is -1.49. The molecule has 0 bridgehead atoms. The zero-order valence-corrected chi connectivity index (χ0v) is 8.83. The number of hydrogen-bond acceptors (Lipinski definition) is 4. The van der Waals surface area contributed by atoms with Crippen molar-refractivity contribution in [2.24, 2.45) is 0 Å². The molecule has 0 atom stereocenters. The van der Waals surface area contributed by atoms with Crippen molar-refractivity contribution in [2.75, 3.05) is 5.75 Å². The Morgan fingerprint density at radius 2 is 2.27 bits per heavy atom. The van der Waals surface area contributed by atoms with E-state index in [1.54, 1.807) is 0 Å². The number of aromatic nitrogens is 2. The molecule has 0 aliphatic heterocycles. The second-order valence-electron chi connectivity index (χ2n) is 3.01. The lowest BCUT2D eigenvalue weighted by Gasteiger charge is -1.96. The molecule has 15 heavy (non-hydrogen) atoms. The summed E-state index contributed by atoms with van der Waals surface area (Å²) in [5, 5.41) is 0. The minimum Gasteiger partial charge on any atom is -0.392 e. The van der Waals surface area contributed by atoms with E-state index in [0.717, 1.165) is 11.0 Å². The number of benzene rings is 1. The fourth-order valence-electron chi connectivity index (χ4n) is 1.23. The van der Waals surface area contributed by atoms with Gasteiger partial charge in [0.1, 0.15) is 0 Å². The number of rotatable bonds is 3. The number of thiol groups is 1. The van der Waals surface area contributed by atoms with E-state index in [2.05, 4.69) is 22.6 Å². The Balaban J connectivity index is 2.18. The lowest BCUT2D eigenvalue weighted by molar-refractivity contribution is -0.134. The van der Waals surface area contributed by atoms with Crippen LogP contribution in [0.3, 0.4) is 0 Å². The van der Waals surface area contributed by atoms with Crippen LogP contribution in [-0.2, 0) is 4.79 Å². The molecular weight excluding hydrogens is 212 g/mol. The fourth-order valence-corrected chi connectivity index (χ4v) is 1.41. The van der Waals surface area contributed by atoms with Crippen molar-refractivity contribution in [1.29, 1.82) is 0 Å². The first-order valence-corrected chi connectivity index (χ1v) is 5.19. The number of para-hydroxylation sites is 2. The summed E-state index contributed by atoms with van der Waals surface area (Å²) in [6.07, 6.45) is 0.278. The van der Waals surface area contributed by atoms with Gasteiger partial charge < -0.3 is 9.72 Å². The van der Waals surface area contributed by atoms with Gasteiger partial charge in [0.05, 0.1) is 17.5 Å². The molecule has 1 heterocycles. The smallest absolute Gasteiger partial charge is 0.314 e. The van der Waals surface area contributed by atoms with Gasteiger partial charge in [-0.25, -0.2) is 0 Å².